The highest BCUT2D eigenvalue weighted by atomic mass is 16.6. The molecule has 1 saturated heterocycles. The Morgan fingerprint density at radius 2 is 2.12 bits per heavy atom. The van der Waals surface area contributed by atoms with E-state index >= 15 is 0 Å². The minimum absolute atomic E-state index is 0.0320. The standard InChI is InChI=1S/C23H27N3O6/c1-30-13-22(29)26-14-5-6-19-17(8-14)18-9-16(31-20(12-27)23(18)32-19)10-21(28)25-11-15-4-2-3-7-24-15/h2-8,16,18,20,23,27H,9-13H2,1H3,(H,25,28)(H,26,29)/t16-,18-,20-,23+/m0/s1. The zero-order valence-corrected chi connectivity index (χ0v) is 17.8. The van der Waals surface area contributed by atoms with Crippen LogP contribution >= 0.6 is 0 Å². The van der Waals surface area contributed by atoms with Crippen LogP contribution in [0.5, 0.6) is 5.75 Å². The van der Waals surface area contributed by atoms with E-state index < -0.39 is 6.10 Å². The van der Waals surface area contributed by atoms with E-state index in [2.05, 4.69) is 15.6 Å². The molecule has 9 nitrogen and oxygen atoms in total. The van der Waals surface area contributed by atoms with Gasteiger partial charge in [-0.05, 0) is 36.8 Å². The summed E-state index contributed by atoms with van der Waals surface area (Å²) in [5.41, 5.74) is 2.36. The van der Waals surface area contributed by atoms with Crippen LogP contribution < -0.4 is 15.4 Å². The van der Waals surface area contributed by atoms with Crippen molar-refractivity contribution in [2.24, 2.45) is 0 Å². The quantitative estimate of drug-likeness (QED) is 0.566. The molecule has 2 amide bonds. The molecule has 4 rings (SSSR count). The van der Waals surface area contributed by atoms with Gasteiger partial charge in [-0.25, -0.2) is 0 Å². The number of ether oxygens (including phenoxy) is 3. The topological polar surface area (TPSA) is 119 Å². The molecule has 3 heterocycles. The molecule has 0 unspecified atom stereocenters. The number of carbonyl (C=O) groups is 2. The molecule has 4 atom stereocenters. The van der Waals surface area contributed by atoms with Gasteiger partial charge >= 0.3 is 0 Å². The van der Waals surface area contributed by atoms with E-state index in [0.29, 0.717) is 24.4 Å². The van der Waals surface area contributed by atoms with E-state index in [0.717, 1.165) is 11.3 Å². The second kappa shape index (κ2) is 10.1. The van der Waals surface area contributed by atoms with Gasteiger partial charge < -0.3 is 30.0 Å². The number of methoxy groups -OCH3 is 1. The molecule has 1 aromatic heterocycles. The number of amides is 2. The Bertz CT molecular complexity index is 954. The molecule has 0 aliphatic carbocycles. The molecule has 0 spiro atoms. The molecular weight excluding hydrogens is 414 g/mol. The number of nitrogens with zero attached hydrogens (tertiary/aromatic N) is 1. The summed E-state index contributed by atoms with van der Waals surface area (Å²) >= 11 is 0. The third kappa shape index (κ3) is 5.07. The van der Waals surface area contributed by atoms with Gasteiger partial charge in [-0.15, -0.1) is 0 Å². The Morgan fingerprint density at radius 3 is 2.88 bits per heavy atom. The summed E-state index contributed by atoms with van der Waals surface area (Å²) in [4.78, 5) is 28.5. The van der Waals surface area contributed by atoms with E-state index in [1.807, 2.05) is 24.3 Å². The molecule has 1 fully saturated rings. The predicted molar refractivity (Wildman–Crippen MR) is 115 cm³/mol. The van der Waals surface area contributed by atoms with E-state index in [1.165, 1.54) is 7.11 Å². The molecule has 0 radical (unpaired) electrons. The fourth-order valence-electron chi connectivity index (χ4n) is 4.27. The average Bonchev–Trinajstić information content (AvgIpc) is 3.16. The summed E-state index contributed by atoms with van der Waals surface area (Å²) in [6.45, 7) is 0.104. The van der Waals surface area contributed by atoms with Gasteiger partial charge in [-0.3, -0.25) is 14.6 Å². The number of fused-ring (bicyclic) bond motifs is 3. The van der Waals surface area contributed by atoms with Crippen molar-refractivity contribution in [2.75, 3.05) is 25.6 Å². The van der Waals surface area contributed by atoms with Crippen molar-refractivity contribution in [3.63, 3.8) is 0 Å². The Labute approximate surface area is 186 Å². The molecule has 0 bridgehead atoms. The van der Waals surface area contributed by atoms with Crippen molar-refractivity contribution in [1.29, 1.82) is 0 Å². The molecule has 3 N–H and O–H groups in total. The second-order valence-corrected chi connectivity index (χ2v) is 7.94. The van der Waals surface area contributed by atoms with E-state index in [-0.39, 0.29) is 49.6 Å². The Balaban J connectivity index is 1.42. The molecular formula is C23H27N3O6. The zero-order valence-electron chi connectivity index (χ0n) is 17.8. The molecule has 9 heteroatoms. The lowest BCUT2D eigenvalue weighted by Gasteiger charge is -2.37. The molecule has 2 aromatic rings. The predicted octanol–water partition coefficient (Wildman–Crippen LogP) is 1.37. The lowest BCUT2D eigenvalue weighted by Crippen LogP contribution is -2.47. The Hall–Kier alpha value is -3.01. The first-order chi connectivity index (χ1) is 15.6. The highest BCUT2D eigenvalue weighted by molar-refractivity contribution is 5.92. The highest BCUT2D eigenvalue weighted by Crippen LogP contribution is 2.47. The lowest BCUT2D eigenvalue weighted by atomic mass is 9.84. The number of nitrogens with one attached hydrogen (secondary N) is 2. The average molecular weight is 441 g/mol. The molecule has 32 heavy (non-hydrogen) atoms. The third-order valence-electron chi connectivity index (χ3n) is 5.66. The van der Waals surface area contributed by atoms with Crippen molar-refractivity contribution in [3.8, 4) is 5.75 Å². The Kier molecular flexibility index (Phi) is 6.99. The van der Waals surface area contributed by atoms with E-state index in [1.54, 1.807) is 18.3 Å². The highest BCUT2D eigenvalue weighted by Gasteiger charge is 2.46. The van der Waals surface area contributed by atoms with Crippen LogP contribution in [0.1, 0.15) is 30.0 Å². The van der Waals surface area contributed by atoms with Crippen LogP contribution in [-0.2, 0) is 25.6 Å². The van der Waals surface area contributed by atoms with Crippen LogP contribution in [0.25, 0.3) is 0 Å². The summed E-state index contributed by atoms with van der Waals surface area (Å²) in [6, 6.07) is 11.0. The minimum atomic E-state index is -0.540. The maximum atomic E-state index is 12.5. The van der Waals surface area contributed by atoms with Gasteiger partial charge in [0.25, 0.3) is 0 Å². The normalized spacial score (nSPS) is 23.6. The van der Waals surface area contributed by atoms with Crippen LogP contribution in [0.15, 0.2) is 42.6 Å². The summed E-state index contributed by atoms with van der Waals surface area (Å²) in [6.07, 6.45) is 1.18. The fraction of sp³-hybridized carbons (Fsp3) is 0.435. The molecule has 2 aliphatic heterocycles. The van der Waals surface area contributed by atoms with Crippen LogP contribution in [0.4, 0.5) is 5.69 Å². The molecule has 170 valence electrons. The van der Waals surface area contributed by atoms with Crippen LogP contribution in [0, 0.1) is 0 Å². The molecule has 2 aliphatic rings. The van der Waals surface area contributed by atoms with Crippen LogP contribution in [-0.4, -0.2) is 60.5 Å². The first-order valence-electron chi connectivity index (χ1n) is 10.6. The van der Waals surface area contributed by atoms with Crippen molar-refractivity contribution in [2.45, 2.75) is 43.6 Å². The van der Waals surface area contributed by atoms with Gasteiger partial charge in [0, 0.05) is 30.5 Å². The minimum Gasteiger partial charge on any atom is -0.487 e. The third-order valence-corrected chi connectivity index (χ3v) is 5.66. The van der Waals surface area contributed by atoms with Gasteiger partial charge in [0.1, 0.15) is 24.6 Å². The van der Waals surface area contributed by atoms with E-state index in [9.17, 15) is 14.7 Å². The SMILES string of the molecule is COCC(=O)Nc1ccc2c(c1)[C@@H]1C[C@@H](CC(=O)NCc3ccccn3)O[C@@H](CO)[C@@H]1O2. The fourth-order valence-corrected chi connectivity index (χ4v) is 4.27. The summed E-state index contributed by atoms with van der Waals surface area (Å²) in [5, 5.41) is 15.5. The van der Waals surface area contributed by atoms with Crippen LogP contribution in [0.3, 0.4) is 0 Å². The molecule has 1 aromatic carbocycles. The number of aliphatic hydroxyl groups excluding tert-OH is 1. The number of anilines is 1. The van der Waals surface area contributed by atoms with Gasteiger partial charge in [-0.2, -0.15) is 0 Å². The number of pyridine rings is 1. The van der Waals surface area contributed by atoms with Gasteiger partial charge in [0.05, 0.1) is 31.4 Å². The zero-order chi connectivity index (χ0) is 22.5. The lowest BCUT2D eigenvalue weighted by molar-refractivity contribution is -0.142. The van der Waals surface area contributed by atoms with Crippen molar-refractivity contribution >= 4 is 17.5 Å². The molecule has 0 saturated carbocycles. The summed E-state index contributed by atoms with van der Waals surface area (Å²) < 4.78 is 16.9. The smallest absolute Gasteiger partial charge is 0.250 e. The monoisotopic (exact) mass is 441 g/mol. The van der Waals surface area contributed by atoms with Gasteiger partial charge in [0.15, 0.2) is 0 Å². The number of aromatic nitrogens is 1. The van der Waals surface area contributed by atoms with E-state index in [4.69, 9.17) is 14.2 Å². The van der Waals surface area contributed by atoms with Crippen LogP contribution in [0.2, 0.25) is 0 Å². The number of rotatable bonds is 8. The van der Waals surface area contributed by atoms with Gasteiger partial charge in [0.2, 0.25) is 11.8 Å². The number of aliphatic hydroxyl groups is 1. The van der Waals surface area contributed by atoms with Crippen molar-refractivity contribution < 1.29 is 28.9 Å². The maximum Gasteiger partial charge on any atom is 0.250 e. The summed E-state index contributed by atoms with van der Waals surface area (Å²) in [5.74, 6) is 0.261. The largest absolute Gasteiger partial charge is 0.487 e. The number of carbonyl (C=O) groups excluding carboxylic acids is 2. The first-order valence-corrected chi connectivity index (χ1v) is 10.6. The van der Waals surface area contributed by atoms with Gasteiger partial charge in [-0.1, -0.05) is 6.07 Å². The van der Waals surface area contributed by atoms with Crippen molar-refractivity contribution in [3.05, 3.63) is 53.9 Å². The Morgan fingerprint density at radius 1 is 1.25 bits per heavy atom. The maximum absolute atomic E-state index is 12.5. The number of hydrogen-bond acceptors (Lipinski definition) is 7. The van der Waals surface area contributed by atoms with Crippen molar-refractivity contribution in [1.82, 2.24) is 10.3 Å². The second-order valence-electron chi connectivity index (χ2n) is 7.94. The summed E-state index contributed by atoms with van der Waals surface area (Å²) in [7, 11) is 1.46. The number of benzene rings is 1. The number of hydrogen-bond donors (Lipinski definition) is 3. The first kappa shape index (κ1) is 22.2.